The van der Waals surface area contributed by atoms with Crippen LogP contribution in [0.4, 0.5) is 15.8 Å². The molecule has 12 heteroatoms. The van der Waals surface area contributed by atoms with Crippen molar-refractivity contribution in [3.63, 3.8) is 0 Å². The van der Waals surface area contributed by atoms with E-state index >= 15 is 0 Å². The van der Waals surface area contributed by atoms with E-state index in [2.05, 4.69) is 0 Å². The third kappa shape index (κ3) is 3.88. The fourth-order valence-electron chi connectivity index (χ4n) is 7.51. The number of hydrogen-bond acceptors (Lipinski definition) is 6. The number of carboxylic acids is 1. The summed E-state index contributed by atoms with van der Waals surface area (Å²) in [5.41, 5.74) is 0.714. The number of para-hydroxylation sites is 1. The third-order valence-corrected chi connectivity index (χ3v) is 10.9. The summed E-state index contributed by atoms with van der Waals surface area (Å²) in [4.78, 5) is 65.5. The van der Waals surface area contributed by atoms with E-state index in [0.29, 0.717) is 5.57 Å². The Hall–Kier alpha value is -4.54. The van der Waals surface area contributed by atoms with Gasteiger partial charge in [0.25, 0.3) is 11.8 Å². The lowest BCUT2D eigenvalue weighted by molar-refractivity contribution is -0.125. The topological polar surface area (TPSA) is 132 Å². The minimum atomic E-state index is -2.17. The van der Waals surface area contributed by atoms with E-state index in [1.54, 1.807) is 24.3 Å². The van der Waals surface area contributed by atoms with E-state index < -0.39 is 68.8 Å². The normalized spacial score (nSPS) is 30.6. The number of carboxylic acid groups (broad SMARTS) is 1. The number of aromatic carboxylic acids is 1. The maximum absolute atomic E-state index is 14.3. The molecule has 1 saturated carbocycles. The fraction of sp³-hybridized carbons (Fsp3) is 0.242. The van der Waals surface area contributed by atoms with E-state index in [1.165, 1.54) is 42.5 Å². The van der Waals surface area contributed by atoms with Gasteiger partial charge in [-0.3, -0.25) is 24.1 Å². The van der Waals surface area contributed by atoms with Gasteiger partial charge >= 0.3 is 5.97 Å². The summed E-state index contributed by atoms with van der Waals surface area (Å²) in [6.45, 7) is 0. The number of anilines is 2. The van der Waals surface area contributed by atoms with Crippen LogP contribution in [0.2, 0.25) is 0 Å². The van der Waals surface area contributed by atoms with E-state index in [1.807, 2.05) is 0 Å². The van der Waals surface area contributed by atoms with Crippen LogP contribution in [0.3, 0.4) is 0 Å². The zero-order valence-electron chi connectivity index (χ0n) is 23.2. The van der Waals surface area contributed by atoms with Gasteiger partial charge in [0.2, 0.25) is 11.8 Å². The van der Waals surface area contributed by atoms with Gasteiger partial charge in [-0.2, -0.15) is 0 Å². The Kier molecular flexibility index (Phi) is 6.48. The number of nitrogens with zero attached hydrogens (tertiary/aromatic N) is 2. The Morgan fingerprint density at radius 3 is 2.24 bits per heavy atom. The zero-order valence-corrected chi connectivity index (χ0v) is 24.7. The molecular weight excluding hydrogens is 626 g/mol. The fourth-order valence-corrected chi connectivity index (χ4v) is 8.44. The molecule has 7 rings (SSSR count). The Balaban J connectivity index is 1.38. The predicted molar refractivity (Wildman–Crippen MR) is 161 cm³/mol. The molecule has 2 N–H and O–H groups in total. The molecule has 0 radical (unpaired) electrons. The van der Waals surface area contributed by atoms with Gasteiger partial charge in [0.1, 0.15) is 11.6 Å². The highest BCUT2D eigenvalue weighted by molar-refractivity contribution is 6.58. The highest BCUT2D eigenvalue weighted by atomic mass is 35.5. The van der Waals surface area contributed by atoms with Crippen molar-refractivity contribution in [2.75, 3.05) is 9.80 Å². The Morgan fingerprint density at radius 2 is 1.56 bits per heavy atom. The highest BCUT2D eigenvalue weighted by Gasteiger charge is 2.76. The minimum absolute atomic E-state index is 0.0447. The number of hydrogen-bond donors (Lipinski definition) is 2. The molecule has 2 aliphatic heterocycles. The number of phenols is 1. The number of phenolic OH excluding ortho intramolecular Hbond substituents is 1. The standard InChI is InChI=1S/C33H23Cl2FN2O7/c34-32-15-23-20(12-13-22-25(23)28(41)37(27(22)40)19-5-3-4-16(14-19)29(42)43)26(21-6-1-2-7-24(21)39)33(32,35)31(45)38(30(32)44)18-10-8-17(36)9-11-18/h1-12,14,22-23,25-26,39H,13,15H2,(H,42,43)/t22-,23+,25-,26+,32+,33-/m0/s1. The van der Waals surface area contributed by atoms with Crippen LogP contribution >= 0.6 is 23.2 Å². The van der Waals surface area contributed by atoms with E-state index in [4.69, 9.17) is 23.2 Å². The number of imide groups is 2. The molecule has 2 aliphatic carbocycles. The molecule has 0 spiro atoms. The van der Waals surface area contributed by atoms with E-state index in [9.17, 15) is 38.6 Å². The van der Waals surface area contributed by atoms with Crippen molar-refractivity contribution in [2.45, 2.75) is 28.5 Å². The quantitative estimate of drug-likeness (QED) is 0.231. The molecule has 4 aliphatic rings. The molecule has 3 fully saturated rings. The summed E-state index contributed by atoms with van der Waals surface area (Å²) in [5, 5.41) is 20.5. The first-order chi connectivity index (χ1) is 21.4. The molecule has 2 heterocycles. The number of aromatic hydroxyl groups is 1. The molecule has 6 atom stereocenters. The molecule has 9 nitrogen and oxygen atoms in total. The summed E-state index contributed by atoms with van der Waals surface area (Å²) < 4.78 is 13.8. The molecule has 0 unspecified atom stereocenters. The first kappa shape index (κ1) is 29.2. The van der Waals surface area contributed by atoms with Crippen molar-refractivity contribution in [3.05, 3.63) is 101 Å². The van der Waals surface area contributed by atoms with Gasteiger partial charge in [-0.1, -0.05) is 35.9 Å². The maximum atomic E-state index is 14.3. The van der Waals surface area contributed by atoms with Crippen LogP contribution in [-0.4, -0.2) is 49.6 Å². The van der Waals surface area contributed by atoms with Gasteiger partial charge in [0.05, 0.1) is 28.8 Å². The lowest BCUT2D eigenvalue weighted by Crippen LogP contribution is -2.60. The maximum Gasteiger partial charge on any atom is 0.335 e. The van der Waals surface area contributed by atoms with Crippen molar-refractivity contribution in [3.8, 4) is 5.75 Å². The summed E-state index contributed by atoms with van der Waals surface area (Å²) in [6.07, 6.45) is 1.52. The molecule has 3 aromatic rings. The Bertz CT molecular complexity index is 1880. The van der Waals surface area contributed by atoms with Crippen molar-refractivity contribution in [1.82, 2.24) is 0 Å². The second kappa shape index (κ2) is 9.98. The lowest BCUT2D eigenvalue weighted by Gasteiger charge is -2.50. The van der Waals surface area contributed by atoms with Gasteiger partial charge in [0.15, 0.2) is 9.75 Å². The number of benzene rings is 3. The first-order valence-corrected chi connectivity index (χ1v) is 14.9. The van der Waals surface area contributed by atoms with Crippen molar-refractivity contribution < 1.29 is 38.6 Å². The number of carbonyl (C=O) groups is 5. The van der Waals surface area contributed by atoms with Crippen molar-refractivity contribution >= 4 is 64.2 Å². The molecule has 0 aromatic heterocycles. The lowest BCUT2D eigenvalue weighted by atomic mass is 9.56. The number of rotatable bonds is 4. The van der Waals surface area contributed by atoms with Gasteiger partial charge in [-0.15, -0.1) is 23.2 Å². The summed E-state index contributed by atoms with van der Waals surface area (Å²) in [7, 11) is 0. The average Bonchev–Trinajstić information content (AvgIpc) is 3.36. The number of halogens is 3. The van der Waals surface area contributed by atoms with Crippen LogP contribution in [0, 0.1) is 23.6 Å². The molecule has 3 aromatic carbocycles. The average molecular weight is 649 g/mol. The SMILES string of the molecule is O=C(O)c1cccc(N2C(=O)[C@H]3[C@H](CC=C4[C@H]3C[C@@]3(Cl)C(=O)N(c5ccc(F)cc5)C(=O)[C@@]3(Cl)[C@H]4c3ccccc3O)C2=O)c1. The minimum Gasteiger partial charge on any atom is -0.508 e. The van der Waals surface area contributed by atoms with Crippen LogP contribution in [0.15, 0.2) is 84.4 Å². The predicted octanol–water partition coefficient (Wildman–Crippen LogP) is 5.00. The number of carbonyl (C=O) groups excluding carboxylic acids is 4. The third-order valence-electron chi connectivity index (χ3n) is 9.50. The van der Waals surface area contributed by atoms with Crippen LogP contribution < -0.4 is 9.80 Å². The van der Waals surface area contributed by atoms with Crippen LogP contribution in [0.5, 0.6) is 5.75 Å². The first-order valence-electron chi connectivity index (χ1n) is 14.1. The molecule has 2 saturated heterocycles. The highest BCUT2D eigenvalue weighted by Crippen LogP contribution is 2.66. The molecule has 228 valence electrons. The van der Waals surface area contributed by atoms with Gasteiger partial charge in [-0.25, -0.2) is 14.1 Å². The van der Waals surface area contributed by atoms with Gasteiger partial charge in [-0.05, 0) is 67.3 Å². The Morgan fingerprint density at radius 1 is 0.844 bits per heavy atom. The smallest absolute Gasteiger partial charge is 0.335 e. The molecule has 4 amide bonds. The van der Waals surface area contributed by atoms with Crippen LogP contribution in [0.1, 0.15) is 34.7 Å². The monoisotopic (exact) mass is 648 g/mol. The second-order valence-corrected chi connectivity index (χ2v) is 12.9. The summed E-state index contributed by atoms with van der Waals surface area (Å²) in [6, 6.07) is 16.3. The van der Waals surface area contributed by atoms with Crippen molar-refractivity contribution in [2.24, 2.45) is 17.8 Å². The molecule has 0 bridgehead atoms. The zero-order chi connectivity index (χ0) is 32.0. The summed E-state index contributed by atoms with van der Waals surface area (Å²) >= 11 is 14.6. The van der Waals surface area contributed by atoms with Crippen molar-refractivity contribution in [1.29, 1.82) is 0 Å². The second-order valence-electron chi connectivity index (χ2n) is 11.7. The largest absolute Gasteiger partial charge is 0.508 e. The van der Waals surface area contributed by atoms with Crippen LogP contribution in [0.25, 0.3) is 0 Å². The number of amides is 4. The molecule has 45 heavy (non-hydrogen) atoms. The number of allylic oxidation sites excluding steroid dienone is 2. The number of alkyl halides is 2. The Labute approximate surface area is 265 Å². The van der Waals surface area contributed by atoms with Crippen LogP contribution in [-0.2, 0) is 19.2 Å². The van der Waals surface area contributed by atoms with E-state index in [0.717, 1.165) is 21.9 Å². The summed E-state index contributed by atoms with van der Waals surface area (Å²) in [5.74, 6) is -8.82. The van der Waals surface area contributed by atoms with E-state index in [-0.39, 0.29) is 41.1 Å². The van der Waals surface area contributed by atoms with Gasteiger partial charge in [0, 0.05) is 11.5 Å². The number of fused-ring (bicyclic) bond motifs is 4. The van der Waals surface area contributed by atoms with Gasteiger partial charge < -0.3 is 10.2 Å². The molecular formula is C33H23Cl2FN2O7.